The van der Waals surface area contributed by atoms with Crippen molar-refractivity contribution in [1.82, 2.24) is 25.2 Å². The molecule has 2 heterocycles. The average molecular weight is 570 g/mol. The van der Waals surface area contributed by atoms with Gasteiger partial charge >= 0.3 is 6.09 Å². The van der Waals surface area contributed by atoms with Gasteiger partial charge in [-0.15, -0.1) is 0 Å². The number of carbonyl (C=O) groups excluding carboxylic acids is 3. The van der Waals surface area contributed by atoms with E-state index in [9.17, 15) is 14.4 Å². The first kappa shape index (κ1) is 25.5. The summed E-state index contributed by atoms with van der Waals surface area (Å²) in [7, 11) is 4.02. The zero-order chi connectivity index (χ0) is 25.2. The predicted octanol–water partition coefficient (Wildman–Crippen LogP) is 4.26. The number of aromatic nitrogens is 3. The van der Waals surface area contributed by atoms with Gasteiger partial charge in [0.1, 0.15) is 10.3 Å². The molecule has 10 nitrogen and oxygen atoms in total. The van der Waals surface area contributed by atoms with Gasteiger partial charge in [-0.2, -0.15) is 5.10 Å². The minimum absolute atomic E-state index is 0.0840. The maximum atomic E-state index is 13.6. The molecule has 0 aliphatic heterocycles. The van der Waals surface area contributed by atoms with Crippen molar-refractivity contribution in [2.75, 3.05) is 26.1 Å². The molecule has 0 atom stereocenters. The van der Waals surface area contributed by atoms with E-state index in [0.29, 0.717) is 15.2 Å². The summed E-state index contributed by atoms with van der Waals surface area (Å²) in [5.74, 6) is -0.853. The number of anilines is 1. The maximum absolute atomic E-state index is 13.6. The van der Waals surface area contributed by atoms with E-state index < -0.39 is 17.9 Å². The zero-order valence-corrected chi connectivity index (χ0v) is 21.6. The summed E-state index contributed by atoms with van der Waals surface area (Å²) in [5.41, 5.74) is 3.33. The summed E-state index contributed by atoms with van der Waals surface area (Å²) in [6, 6.07) is 7.83. The number of ether oxygens (including phenoxy) is 1. The number of amides is 3. The Morgan fingerprint density at radius 1 is 1.15 bits per heavy atom. The van der Waals surface area contributed by atoms with Gasteiger partial charge in [0.05, 0.1) is 23.4 Å². The Morgan fingerprint density at radius 2 is 1.85 bits per heavy atom. The molecule has 0 unspecified atom stereocenters. The van der Waals surface area contributed by atoms with Crippen molar-refractivity contribution in [3.05, 3.63) is 68.0 Å². The van der Waals surface area contributed by atoms with Crippen molar-refractivity contribution in [3.8, 4) is 5.82 Å². The lowest BCUT2D eigenvalue weighted by atomic mass is 10.1. The summed E-state index contributed by atoms with van der Waals surface area (Å²) in [6.07, 6.45) is 0.695. The first-order chi connectivity index (χ1) is 16.0. The van der Waals surface area contributed by atoms with Crippen LogP contribution in [0.4, 0.5) is 10.5 Å². The van der Waals surface area contributed by atoms with Crippen molar-refractivity contribution in [2.45, 2.75) is 6.92 Å². The van der Waals surface area contributed by atoms with E-state index in [1.165, 1.54) is 49.1 Å². The van der Waals surface area contributed by atoms with Crippen molar-refractivity contribution in [2.24, 2.45) is 0 Å². The Bertz CT molecular complexity index is 1280. The molecule has 34 heavy (non-hydrogen) atoms. The van der Waals surface area contributed by atoms with E-state index in [4.69, 9.17) is 23.2 Å². The SMILES string of the molecule is COC(=O)NN(C)C(=O)c1cc(Cl)cc(C)c1N(C)C(=O)c1cc(Br)nn1-c1ncccc1Cl. The molecule has 0 saturated carbocycles. The quantitative estimate of drug-likeness (QED) is 0.470. The van der Waals surface area contributed by atoms with E-state index in [1.807, 2.05) is 0 Å². The van der Waals surface area contributed by atoms with Gasteiger partial charge in [-0.3, -0.25) is 14.6 Å². The molecule has 3 amide bonds. The summed E-state index contributed by atoms with van der Waals surface area (Å²) in [5, 5.41) is 5.80. The second-order valence-corrected chi connectivity index (χ2v) is 8.68. The van der Waals surface area contributed by atoms with Crippen LogP contribution in [0.3, 0.4) is 0 Å². The number of methoxy groups -OCH3 is 1. The third-order valence-corrected chi connectivity index (χ3v) is 5.62. The van der Waals surface area contributed by atoms with Crippen molar-refractivity contribution >= 4 is 62.7 Å². The van der Waals surface area contributed by atoms with Crippen LogP contribution in [0.5, 0.6) is 0 Å². The molecule has 1 aromatic carbocycles. The predicted molar refractivity (Wildman–Crippen MR) is 131 cm³/mol. The fourth-order valence-corrected chi connectivity index (χ4v) is 4.08. The number of nitrogens with one attached hydrogen (secondary N) is 1. The van der Waals surface area contributed by atoms with Crippen molar-refractivity contribution in [3.63, 3.8) is 0 Å². The molecule has 0 aliphatic rings. The number of carbonyl (C=O) groups is 3. The Labute approximate surface area is 213 Å². The number of pyridine rings is 1. The van der Waals surface area contributed by atoms with E-state index in [-0.39, 0.29) is 27.8 Å². The van der Waals surface area contributed by atoms with Gasteiger partial charge in [-0.05, 0) is 52.7 Å². The number of rotatable bonds is 4. The summed E-state index contributed by atoms with van der Waals surface area (Å²) < 4.78 is 6.22. The van der Waals surface area contributed by atoms with E-state index in [2.05, 4.69) is 36.2 Å². The monoisotopic (exact) mass is 568 g/mol. The standard InChI is InChI=1S/C21H19BrCl2N6O4/c1-11-8-12(23)9-13(19(31)29(3)27-21(33)34-4)17(11)28(2)20(32)15-10-16(22)26-30(15)18-14(24)6-5-7-25-18/h5-10H,1-4H3,(H,27,33). The van der Waals surface area contributed by atoms with E-state index in [0.717, 1.165) is 5.01 Å². The van der Waals surface area contributed by atoms with Crippen LogP contribution in [0.25, 0.3) is 5.82 Å². The first-order valence-corrected chi connectivity index (χ1v) is 11.2. The number of aryl methyl sites for hydroxylation is 1. The lowest BCUT2D eigenvalue weighted by Crippen LogP contribution is -2.44. The third-order valence-electron chi connectivity index (χ3n) is 4.72. The third kappa shape index (κ3) is 5.16. The first-order valence-electron chi connectivity index (χ1n) is 9.62. The number of benzene rings is 1. The smallest absolute Gasteiger partial charge is 0.425 e. The maximum Gasteiger partial charge on any atom is 0.425 e. The number of halogens is 3. The molecule has 3 aromatic rings. The van der Waals surface area contributed by atoms with Crippen LogP contribution in [0.2, 0.25) is 10.0 Å². The van der Waals surface area contributed by atoms with Gasteiger partial charge in [0.25, 0.3) is 11.8 Å². The largest absolute Gasteiger partial charge is 0.452 e. The summed E-state index contributed by atoms with van der Waals surface area (Å²) in [4.78, 5) is 43.8. The average Bonchev–Trinajstić information content (AvgIpc) is 3.18. The van der Waals surface area contributed by atoms with Crippen LogP contribution in [-0.2, 0) is 4.74 Å². The van der Waals surface area contributed by atoms with Crippen LogP contribution in [0.15, 0.2) is 41.1 Å². The van der Waals surface area contributed by atoms with Gasteiger partial charge < -0.3 is 9.64 Å². The second kappa shape index (κ2) is 10.4. The normalized spacial score (nSPS) is 10.6. The Balaban J connectivity index is 2.07. The molecular formula is C21H19BrCl2N6O4. The topological polar surface area (TPSA) is 110 Å². The lowest BCUT2D eigenvalue weighted by molar-refractivity contribution is 0.0691. The summed E-state index contributed by atoms with van der Waals surface area (Å²) in [6.45, 7) is 1.71. The molecule has 0 spiro atoms. The Morgan fingerprint density at radius 3 is 2.50 bits per heavy atom. The highest BCUT2D eigenvalue weighted by Crippen LogP contribution is 2.31. The Kier molecular flexibility index (Phi) is 7.80. The highest BCUT2D eigenvalue weighted by Gasteiger charge is 2.28. The zero-order valence-electron chi connectivity index (χ0n) is 18.5. The van der Waals surface area contributed by atoms with Crippen LogP contribution in [0, 0.1) is 6.92 Å². The van der Waals surface area contributed by atoms with Crippen LogP contribution in [-0.4, -0.2) is 58.9 Å². The molecule has 3 rings (SSSR count). The Hall–Kier alpha value is -3.15. The highest BCUT2D eigenvalue weighted by atomic mass is 79.9. The second-order valence-electron chi connectivity index (χ2n) is 7.02. The molecule has 0 saturated heterocycles. The number of nitrogens with zero attached hydrogens (tertiary/aromatic N) is 5. The highest BCUT2D eigenvalue weighted by molar-refractivity contribution is 9.10. The molecule has 0 bridgehead atoms. The van der Waals surface area contributed by atoms with E-state index in [1.54, 1.807) is 25.1 Å². The molecule has 178 valence electrons. The summed E-state index contributed by atoms with van der Waals surface area (Å²) >= 11 is 15.8. The molecule has 13 heteroatoms. The molecular weight excluding hydrogens is 551 g/mol. The molecule has 2 aromatic heterocycles. The van der Waals surface area contributed by atoms with Gasteiger partial charge in [0, 0.05) is 31.4 Å². The lowest BCUT2D eigenvalue weighted by Gasteiger charge is -2.25. The van der Waals surface area contributed by atoms with Gasteiger partial charge in [-0.1, -0.05) is 23.2 Å². The minimum atomic E-state index is -0.832. The fraction of sp³-hybridized carbons (Fsp3) is 0.190. The van der Waals surface area contributed by atoms with Crippen LogP contribution >= 0.6 is 39.1 Å². The van der Waals surface area contributed by atoms with E-state index >= 15 is 0 Å². The van der Waals surface area contributed by atoms with Gasteiger partial charge in [0.15, 0.2) is 5.82 Å². The number of hydrogen-bond acceptors (Lipinski definition) is 6. The van der Waals surface area contributed by atoms with Crippen LogP contribution in [0.1, 0.15) is 26.4 Å². The molecule has 0 radical (unpaired) electrons. The molecule has 1 N–H and O–H groups in total. The molecule has 0 aliphatic carbocycles. The van der Waals surface area contributed by atoms with Gasteiger partial charge in [0.2, 0.25) is 0 Å². The van der Waals surface area contributed by atoms with Gasteiger partial charge in [-0.25, -0.2) is 19.9 Å². The van der Waals surface area contributed by atoms with Crippen LogP contribution < -0.4 is 10.3 Å². The number of hydrogen-bond donors (Lipinski definition) is 1. The fourth-order valence-electron chi connectivity index (χ4n) is 3.23. The van der Waals surface area contributed by atoms with Crippen molar-refractivity contribution in [1.29, 1.82) is 0 Å². The number of hydrazine groups is 1. The minimum Gasteiger partial charge on any atom is -0.452 e. The van der Waals surface area contributed by atoms with Crippen molar-refractivity contribution < 1.29 is 19.1 Å². The molecule has 0 fully saturated rings.